The van der Waals surface area contributed by atoms with Crippen molar-refractivity contribution in [3.05, 3.63) is 88.8 Å². The molecule has 1 unspecified atom stereocenters. The number of hydrogen-bond acceptors (Lipinski definition) is 5. The molecule has 184 valence electrons. The van der Waals surface area contributed by atoms with E-state index >= 15 is 0 Å². The van der Waals surface area contributed by atoms with E-state index in [-0.39, 0.29) is 22.9 Å². The zero-order valence-corrected chi connectivity index (χ0v) is 20.6. The van der Waals surface area contributed by atoms with Crippen molar-refractivity contribution in [2.45, 2.75) is 24.7 Å². The molecule has 4 aromatic rings. The Bertz CT molecular complexity index is 1610. The van der Waals surface area contributed by atoms with Gasteiger partial charge in [-0.3, -0.25) is 9.59 Å². The van der Waals surface area contributed by atoms with Gasteiger partial charge in [0.15, 0.2) is 0 Å². The van der Waals surface area contributed by atoms with Crippen molar-refractivity contribution < 1.29 is 13.2 Å². The van der Waals surface area contributed by atoms with E-state index in [1.54, 1.807) is 49.4 Å². The molecule has 0 saturated carbocycles. The summed E-state index contributed by atoms with van der Waals surface area (Å²) in [5.41, 5.74) is 1.56. The minimum absolute atomic E-state index is 0.118. The quantitative estimate of drug-likeness (QED) is 0.429. The summed E-state index contributed by atoms with van der Waals surface area (Å²) < 4.78 is 28.1. The molecule has 1 amide bonds. The molecule has 8 nitrogen and oxygen atoms in total. The van der Waals surface area contributed by atoms with Crippen molar-refractivity contribution in [3.8, 4) is 11.4 Å². The van der Waals surface area contributed by atoms with E-state index < -0.39 is 15.9 Å². The Balaban J connectivity index is 1.32. The van der Waals surface area contributed by atoms with Gasteiger partial charge < -0.3 is 10.3 Å². The van der Waals surface area contributed by atoms with Gasteiger partial charge in [-0.1, -0.05) is 42.5 Å². The number of carbonyl (C=O) groups excluding carboxylic acids is 1. The molecule has 9 heteroatoms. The van der Waals surface area contributed by atoms with Gasteiger partial charge in [0, 0.05) is 36.1 Å². The van der Waals surface area contributed by atoms with Gasteiger partial charge in [0.2, 0.25) is 15.9 Å². The third-order valence-corrected chi connectivity index (χ3v) is 8.25. The third kappa shape index (κ3) is 4.93. The molecule has 0 radical (unpaired) electrons. The lowest BCUT2D eigenvalue weighted by Crippen LogP contribution is -2.43. The van der Waals surface area contributed by atoms with Crippen LogP contribution >= 0.6 is 0 Å². The highest BCUT2D eigenvalue weighted by atomic mass is 32.2. The van der Waals surface area contributed by atoms with Crippen LogP contribution in [-0.4, -0.2) is 41.7 Å². The van der Waals surface area contributed by atoms with Crippen molar-refractivity contribution in [2.24, 2.45) is 5.92 Å². The Labute approximate surface area is 209 Å². The third-order valence-electron chi connectivity index (χ3n) is 6.39. The fourth-order valence-electron chi connectivity index (χ4n) is 4.56. The largest absolute Gasteiger partial charge is 0.326 e. The van der Waals surface area contributed by atoms with Crippen LogP contribution in [-0.2, 0) is 14.8 Å². The predicted molar refractivity (Wildman–Crippen MR) is 139 cm³/mol. The fourth-order valence-corrected chi connectivity index (χ4v) is 6.12. The van der Waals surface area contributed by atoms with Crippen LogP contribution in [0.3, 0.4) is 0 Å². The number of hydrogen-bond donors (Lipinski definition) is 2. The second kappa shape index (κ2) is 9.67. The number of piperidine rings is 1. The molecule has 0 spiro atoms. The standard InChI is InChI=1S/C27H26N4O4S/c1-18-14-25(32)30-26(28-18)21-8-4-10-23(15-21)29-27(33)22-9-5-13-31(17-22)36(34,35)24-12-11-19-6-2-3-7-20(19)16-24/h2-4,6-8,10-12,14-16,22H,5,9,13,17H2,1H3,(H,29,33)(H,28,30,32). The predicted octanol–water partition coefficient (Wildman–Crippen LogP) is 3.94. The molecular weight excluding hydrogens is 476 g/mol. The van der Waals surface area contributed by atoms with Crippen LogP contribution in [0.4, 0.5) is 5.69 Å². The van der Waals surface area contributed by atoms with Crippen molar-refractivity contribution in [3.63, 3.8) is 0 Å². The number of fused-ring (bicyclic) bond motifs is 1. The van der Waals surface area contributed by atoms with Crippen LogP contribution in [0.5, 0.6) is 0 Å². The Morgan fingerprint density at radius 2 is 1.83 bits per heavy atom. The van der Waals surface area contributed by atoms with Crippen molar-refractivity contribution in [1.82, 2.24) is 14.3 Å². The average molecular weight is 503 g/mol. The number of H-pyrrole nitrogens is 1. The number of carbonyl (C=O) groups is 1. The lowest BCUT2D eigenvalue weighted by Gasteiger charge is -2.31. The van der Waals surface area contributed by atoms with Gasteiger partial charge in [-0.2, -0.15) is 4.31 Å². The minimum atomic E-state index is -3.73. The van der Waals surface area contributed by atoms with E-state index in [1.807, 2.05) is 24.3 Å². The van der Waals surface area contributed by atoms with Crippen LogP contribution in [0.25, 0.3) is 22.2 Å². The summed E-state index contributed by atoms with van der Waals surface area (Å²) in [6.07, 6.45) is 1.20. The maximum Gasteiger partial charge on any atom is 0.251 e. The number of nitrogens with one attached hydrogen (secondary N) is 2. The van der Waals surface area contributed by atoms with Crippen molar-refractivity contribution in [2.75, 3.05) is 18.4 Å². The second-order valence-corrected chi connectivity index (χ2v) is 11.0. The van der Waals surface area contributed by atoms with Gasteiger partial charge in [-0.15, -0.1) is 0 Å². The molecule has 1 aliphatic heterocycles. The first-order valence-corrected chi connectivity index (χ1v) is 13.2. The maximum atomic E-state index is 13.4. The average Bonchev–Trinajstić information content (AvgIpc) is 2.88. The van der Waals surface area contributed by atoms with Crippen molar-refractivity contribution >= 4 is 32.4 Å². The number of amides is 1. The van der Waals surface area contributed by atoms with Crippen LogP contribution in [0.2, 0.25) is 0 Å². The summed E-state index contributed by atoms with van der Waals surface area (Å²) in [5, 5.41) is 4.73. The number of nitrogens with zero attached hydrogens (tertiary/aromatic N) is 2. The normalized spacial score (nSPS) is 16.6. The van der Waals surface area contributed by atoms with Crippen LogP contribution < -0.4 is 10.9 Å². The van der Waals surface area contributed by atoms with Crippen molar-refractivity contribution in [1.29, 1.82) is 0 Å². The summed E-state index contributed by atoms with van der Waals surface area (Å²) in [7, 11) is -3.73. The summed E-state index contributed by atoms with van der Waals surface area (Å²) in [6.45, 7) is 2.24. The molecule has 1 aliphatic rings. The van der Waals surface area contributed by atoms with E-state index in [1.165, 1.54) is 10.4 Å². The monoisotopic (exact) mass is 502 g/mol. The number of rotatable bonds is 5. The molecule has 5 rings (SSSR count). The van der Waals surface area contributed by atoms with Gasteiger partial charge in [0.25, 0.3) is 5.56 Å². The number of aryl methyl sites for hydroxylation is 1. The van der Waals surface area contributed by atoms with Gasteiger partial charge in [-0.25, -0.2) is 13.4 Å². The molecule has 2 N–H and O–H groups in total. The molecule has 0 bridgehead atoms. The highest BCUT2D eigenvalue weighted by Crippen LogP contribution is 2.27. The molecule has 1 saturated heterocycles. The van der Waals surface area contributed by atoms with Crippen LogP contribution in [0.15, 0.2) is 82.5 Å². The molecule has 1 fully saturated rings. The first kappa shape index (κ1) is 23.9. The van der Waals surface area contributed by atoms with E-state index in [0.29, 0.717) is 42.2 Å². The van der Waals surface area contributed by atoms with Crippen LogP contribution in [0, 0.1) is 12.8 Å². The lowest BCUT2D eigenvalue weighted by atomic mass is 9.98. The minimum Gasteiger partial charge on any atom is -0.326 e. The molecule has 36 heavy (non-hydrogen) atoms. The Morgan fingerprint density at radius 1 is 1.03 bits per heavy atom. The number of anilines is 1. The lowest BCUT2D eigenvalue weighted by molar-refractivity contribution is -0.120. The van der Waals surface area contributed by atoms with Gasteiger partial charge >= 0.3 is 0 Å². The summed E-state index contributed by atoms with van der Waals surface area (Å²) in [6, 6.07) is 21.2. The highest BCUT2D eigenvalue weighted by molar-refractivity contribution is 7.89. The summed E-state index contributed by atoms with van der Waals surface area (Å²) in [5.74, 6) is -0.299. The molecule has 2 heterocycles. The molecule has 1 aromatic heterocycles. The van der Waals surface area contributed by atoms with E-state index in [2.05, 4.69) is 15.3 Å². The highest BCUT2D eigenvalue weighted by Gasteiger charge is 2.33. The zero-order valence-electron chi connectivity index (χ0n) is 19.8. The zero-order chi connectivity index (χ0) is 25.3. The second-order valence-electron chi connectivity index (χ2n) is 9.02. The number of benzene rings is 3. The Hall–Kier alpha value is -3.82. The van der Waals surface area contributed by atoms with Crippen LogP contribution in [0.1, 0.15) is 18.5 Å². The first-order valence-electron chi connectivity index (χ1n) is 11.8. The topological polar surface area (TPSA) is 112 Å². The fraction of sp³-hybridized carbons (Fsp3) is 0.222. The molecule has 3 aromatic carbocycles. The maximum absolute atomic E-state index is 13.4. The molecule has 0 aliphatic carbocycles. The van der Waals surface area contributed by atoms with Gasteiger partial charge in [-0.05, 0) is 54.8 Å². The summed E-state index contributed by atoms with van der Waals surface area (Å²) >= 11 is 0. The Kier molecular flexibility index (Phi) is 6.42. The van der Waals surface area contributed by atoms with Gasteiger partial charge in [0.05, 0.1) is 10.8 Å². The molecule has 1 atom stereocenters. The number of aromatic amines is 1. The van der Waals surface area contributed by atoms with E-state index in [9.17, 15) is 18.0 Å². The first-order chi connectivity index (χ1) is 17.3. The van der Waals surface area contributed by atoms with E-state index in [0.717, 1.165) is 10.8 Å². The summed E-state index contributed by atoms with van der Waals surface area (Å²) in [4.78, 5) is 32.2. The number of aromatic nitrogens is 2. The SMILES string of the molecule is Cc1cc(=O)[nH]c(-c2cccc(NC(=O)C3CCCN(S(=O)(=O)c4ccc5ccccc5c4)C3)c2)n1. The van der Waals surface area contributed by atoms with Gasteiger partial charge in [0.1, 0.15) is 5.82 Å². The van der Waals surface area contributed by atoms with E-state index in [4.69, 9.17) is 0 Å². The number of sulfonamides is 1. The smallest absolute Gasteiger partial charge is 0.251 e. The Morgan fingerprint density at radius 3 is 2.64 bits per heavy atom. The molecular formula is C27H26N4O4S.